The summed E-state index contributed by atoms with van der Waals surface area (Å²) in [5, 5.41) is 4.68. The van der Waals surface area contributed by atoms with Crippen molar-refractivity contribution >= 4 is 5.91 Å². The summed E-state index contributed by atoms with van der Waals surface area (Å²) in [6.45, 7) is 0.673. The number of halogens is 3. The van der Waals surface area contributed by atoms with Gasteiger partial charge in [-0.15, -0.1) is 0 Å². The van der Waals surface area contributed by atoms with Crippen LogP contribution >= 0.6 is 0 Å². The summed E-state index contributed by atoms with van der Waals surface area (Å²) in [5.74, 6) is 0.174. The minimum atomic E-state index is -4.39. The van der Waals surface area contributed by atoms with Crippen LogP contribution in [0.2, 0.25) is 0 Å². The molecule has 0 spiro atoms. The van der Waals surface area contributed by atoms with E-state index in [2.05, 4.69) is 10.3 Å². The van der Waals surface area contributed by atoms with Crippen molar-refractivity contribution in [3.8, 4) is 0 Å². The standard InChI is InChI=1S/C11H17F3N4O/c1-8(10(19)17-7-11(12,13)14)15-4-3-9-16-5-6-18(9)2/h5-6,8,15H,3-4,7H2,1-2H3,(H,17,19). The van der Waals surface area contributed by atoms with Gasteiger partial charge in [-0.2, -0.15) is 13.2 Å². The molecule has 1 aromatic heterocycles. The number of alkyl halides is 3. The molecule has 1 atom stereocenters. The lowest BCUT2D eigenvalue weighted by molar-refractivity contribution is -0.139. The maximum absolute atomic E-state index is 11.9. The van der Waals surface area contributed by atoms with Crippen LogP contribution in [-0.4, -0.2) is 40.8 Å². The van der Waals surface area contributed by atoms with Crippen molar-refractivity contribution in [2.75, 3.05) is 13.1 Å². The summed E-state index contributed by atoms with van der Waals surface area (Å²) in [6.07, 6.45) is -0.327. The predicted molar refractivity (Wildman–Crippen MR) is 63.4 cm³/mol. The normalized spacial score (nSPS) is 13.3. The molecule has 0 aliphatic carbocycles. The van der Waals surface area contributed by atoms with Crippen molar-refractivity contribution in [2.45, 2.75) is 25.6 Å². The van der Waals surface area contributed by atoms with E-state index < -0.39 is 24.7 Å². The third-order valence-electron chi connectivity index (χ3n) is 2.58. The minimum absolute atomic E-state index is 0.464. The lowest BCUT2D eigenvalue weighted by atomic mass is 10.3. The number of rotatable bonds is 6. The molecule has 0 bridgehead atoms. The molecule has 19 heavy (non-hydrogen) atoms. The van der Waals surface area contributed by atoms with E-state index in [1.165, 1.54) is 6.92 Å². The summed E-state index contributed by atoms with van der Waals surface area (Å²) < 4.78 is 37.6. The lowest BCUT2D eigenvalue weighted by Gasteiger charge is -2.15. The largest absolute Gasteiger partial charge is 0.405 e. The van der Waals surface area contributed by atoms with Gasteiger partial charge in [0.2, 0.25) is 5.91 Å². The van der Waals surface area contributed by atoms with Gasteiger partial charge in [0, 0.05) is 32.4 Å². The van der Waals surface area contributed by atoms with Gasteiger partial charge in [0.15, 0.2) is 0 Å². The molecule has 0 saturated heterocycles. The Kier molecular flexibility index (Phi) is 5.34. The summed E-state index contributed by atoms with van der Waals surface area (Å²) in [5.41, 5.74) is 0. The number of nitrogens with one attached hydrogen (secondary N) is 2. The summed E-state index contributed by atoms with van der Waals surface area (Å²) in [4.78, 5) is 15.5. The number of hydrogen-bond donors (Lipinski definition) is 2. The third kappa shape index (κ3) is 5.73. The van der Waals surface area contributed by atoms with Gasteiger partial charge in [0.1, 0.15) is 12.4 Å². The Morgan fingerprint density at radius 3 is 2.74 bits per heavy atom. The van der Waals surface area contributed by atoms with E-state index in [0.717, 1.165) is 5.82 Å². The molecule has 1 rings (SSSR count). The van der Waals surface area contributed by atoms with Gasteiger partial charge in [-0.1, -0.05) is 0 Å². The number of hydrogen-bond acceptors (Lipinski definition) is 3. The van der Waals surface area contributed by atoms with E-state index in [4.69, 9.17) is 0 Å². The van der Waals surface area contributed by atoms with Gasteiger partial charge < -0.3 is 15.2 Å². The first-order chi connectivity index (χ1) is 8.79. The van der Waals surface area contributed by atoms with Crippen molar-refractivity contribution in [1.82, 2.24) is 20.2 Å². The smallest absolute Gasteiger partial charge is 0.346 e. The highest BCUT2D eigenvalue weighted by Crippen LogP contribution is 2.12. The summed E-state index contributed by atoms with van der Waals surface area (Å²) >= 11 is 0. The summed E-state index contributed by atoms with van der Waals surface area (Å²) in [6, 6.07) is -0.678. The van der Waals surface area contributed by atoms with Gasteiger partial charge in [-0.25, -0.2) is 4.98 Å². The fraction of sp³-hybridized carbons (Fsp3) is 0.636. The van der Waals surface area contributed by atoms with Gasteiger partial charge in [0.25, 0.3) is 0 Å². The van der Waals surface area contributed by atoms with E-state index in [1.54, 1.807) is 12.4 Å². The number of carbonyl (C=O) groups excluding carboxylic acids is 1. The first kappa shape index (κ1) is 15.5. The van der Waals surface area contributed by atoms with Crippen LogP contribution in [0.3, 0.4) is 0 Å². The Labute approximate surface area is 109 Å². The van der Waals surface area contributed by atoms with Gasteiger partial charge in [-0.3, -0.25) is 4.79 Å². The number of imidazole rings is 1. The number of nitrogens with zero attached hydrogens (tertiary/aromatic N) is 2. The van der Waals surface area contributed by atoms with Crippen LogP contribution in [-0.2, 0) is 18.3 Å². The Bertz CT molecular complexity index is 416. The molecule has 0 aliphatic heterocycles. The molecule has 5 nitrogen and oxygen atoms in total. The first-order valence-electron chi connectivity index (χ1n) is 5.83. The van der Waals surface area contributed by atoms with Crippen molar-refractivity contribution in [1.29, 1.82) is 0 Å². The average Bonchev–Trinajstić information content (AvgIpc) is 2.71. The fourth-order valence-electron chi connectivity index (χ4n) is 1.47. The molecule has 1 unspecified atom stereocenters. The second-order valence-electron chi connectivity index (χ2n) is 4.21. The second kappa shape index (κ2) is 6.55. The Hall–Kier alpha value is -1.57. The zero-order valence-electron chi connectivity index (χ0n) is 10.8. The van der Waals surface area contributed by atoms with Crippen LogP contribution in [0, 0.1) is 0 Å². The first-order valence-corrected chi connectivity index (χ1v) is 5.83. The number of aromatic nitrogens is 2. The van der Waals surface area contributed by atoms with Crippen LogP contribution in [0.5, 0.6) is 0 Å². The molecule has 108 valence electrons. The van der Waals surface area contributed by atoms with Crippen molar-refractivity contribution in [2.24, 2.45) is 7.05 Å². The number of carbonyl (C=O) groups is 1. The monoisotopic (exact) mass is 278 g/mol. The van der Waals surface area contributed by atoms with E-state index in [9.17, 15) is 18.0 Å². The zero-order valence-corrected chi connectivity index (χ0v) is 10.8. The highest BCUT2D eigenvalue weighted by molar-refractivity contribution is 5.81. The number of amides is 1. The molecule has 1 heterocycles. The predicted octanol–water partition coefficient (Wildman–Crippen LogP) is 0.619. The van der Waals surface area contributed by atoms with E-state index in [0.29, 0.717) is 13.0 Å². The maximum atomic E-state index is 11.9. The molecule has 8 heteroatoms. The van der Waals surface area contributed by atoms with Crippen LogP contribution in [0.15, 0.2) is 12.4 Å². The molecule has 0 fully saturated rings. The van der Waals surface area contributed by atoms with Crippen molar-refractivity contribution in [3.63, 3.8) is 0 Å². The Morgan fingerprint density at radius 1 is 1.53 bits per heavy atom. The van der Waals surface area contributed by atoms with E-state index in [-0.39, 0.29) is 0 Å². The molecule has 0 aliphatic rings. The molecule has 0 radical (unpaired) electrons. The van der Waals surface area contributed by atoms with E-state index in [1.807, 2.05) is 16.9 Å². The van der Waals surface area contributed by atoms with Crippen LogP contribution in [0.25, 0.3) is 0 Å². The Morgan fingerprint density at radius 2 is 2.21 bits per heavy atom. The fourth-order valence-corrected chi connectivity index (χ4v) is 1.47. The third-order valence-corrected chi connectivity index (χ3v) is 2.58. The van der Waals surface area contributed by atoms with Gasteiger partial charge in [-0.05, 0) is 6.92 Å². The van der Waals surface area contributed by atoms with Crippen molar-refractivity contribution < 1.29 is 18.0 Å². The lowest BCUT2D eigenvalue weighted by Crippen LogP contribution is -2.45. The maximum Gasteiger partial charge on any atom is 0.405 e. The topological polar surface area (TPSA) is 59.0 Å². The molecular formula is C11H17F3N4O. The van der Waals surface area contributed by atoms with Crippen LogP contribution < -0.4 is 10.6 Å². The molecule has 1 aromatic rings. The molecule has 0 aromatic carbocycles. The van der Waals surface area contributed by atoms with Gasteiger partial charge in [0.05, 0.1) is 6.04 Å². The zero-order chi connectivity index (χ0) is 14.5. The molecular weight excluding hydrogens is 261 g/mol. The van der Waals surface area contributed by atoms with Gasteiger partial charge >= 0.3 is 6.18 Å². The SMILES string of the molecule is CC(NCCc1nccn1C)C(=O)NCC(F)(F)F. The highest BCUT2D eigenvalue weighted by Gasteiger charge is 2.28. The Balaban J connectivity index is 2.25. The minimum Gasteiger partial charge on any atom is -0.346 e. The molecule has 1 amide bonds. The quantitative estimate of drug-likeness (QED) is 0.802. The highest BCUT2D eigenvalue weighted by atomic mass is 19.4. The molecule has 0 saturated carbocycles. The second-order valence-corrected chi connectivity index (χ2v) is 4.21. The summed E-state index contributed by atoms with van der Waals surface area (Å²) in [7, 11) is 1.85. The molecule has 2 N–H and O–H groups in total. The van der Waals surface area contributed by atoms with Crippen molar-refractivity contribution in [3.05, 3.63) is 18.2 Å². The van der Waals surface area contributed by atoms with Crippen LogP contribution in [0.4, 0.5) is 13.2 Å². The van der Waals surface area contributed by atoms with E-state index >= 15 is 0 Å². The average molecular weight is 278 g/mol. The number of aryl methyl sites for hydroxylation is 1. The van der Waals surface area contributed by atoms with Crippen LogP contribution in [0.1, 0.15) is 12.7 Å².